The summed E-state index contributed by atoms with van der Waals surface area (Å²) in [5, 5.41) is 13.5. The lowest BCUT2D eigenvalue weighted by Crippen LogP contribution is -2.42. The van der Waals surface area contributed by atoms with E-state index in [2.05, 4.69) is 33.4 Å². The first kappa shape index (κ1) is 17.7. The van der Waals surface area contributed by atoms with Crippen LogP contribution >= 0.6 is 24.0 Å². The fourth-order valence-electron chi connectivity index (χ4n) is 2.83. The van der Waals surface area contributed by atoms with Gasteiger partial charge in [-0.1, -0.05) is 48.5 Å². The molecule has 4 nitrogen and oxygen atoms in total. The van der Waals surface area contributed by atoms with Gasteiger partial charge in [0.1, 0.15) is 0 Å². The molecular formula is C18H22IN3O. The number of aliphatic hydroxyl groups excluding tert-OH is 1. The van der Waals surface area contributed by atoms with Gasteiger partial charge in [-0.3, -0.25) is 4.99 Å². The van der Waals surface area contributed by atoms with Crippen molar-refractivity contribution in [2.24, 2.45) is 4.99 Å². The van der Waals surface area contributed by atoms with E-state index in [0.29, 0.717) is 6.54 Å². The van der Waals surface area contributed by atoms with Crippen molar-refractivity contribution in [3.8, 4) is 0 Å². The Morgan fingerprint density at radius 2 is 1.87 bits per heavy atom. The average molecular weight is 423 g/mol. The number of halogens is 1. The summed E-state index contributed by atoms with van der Waals surface area (Å²) >= 11 is 0. The van der Waals surface area contributed by atoms with E-state index < -0.39 is 6.10 Å². The zero-order chi connectivity index (χ0) is 15.4. The third kappa shape index (κ3) is 4.03. The molecule has 1 aliphatic heterocycles. The van der Waals surface area contributed by atoms with Crippen molar-refractivity contribution in [2.75, 3.05) is 25.0 Å². The Morgan fingerprint density at radius 3 is 2.61 bits per heavy atom. The number of anilines is 1. The van der Waals surface area contributed by atoms with E-state index in [4.69, 9.17) is 0 Å². The van der Waals surface area contributed by atoms with Crippen LogP contribution in [0.5, 0.6) is 0 Å². The molecule has 2 N–H and O–H groups in total. The molecule has 0 fully saturated rings. The van der Waals surface area contributed by atoms with Crippen LogP contribution in [-0.2, 0) is 6.42 Å². The molecule has 1 heterocycles. The number of hydrogen-bond acceptors (Lipinski definition) is 2. The molecule has 1 atom stereocenters. The molecule has 3 rings (SSSR count). The number of fused-ring (bicyclic) bond motifs is 1. The molecule has 0 aromatic heterocycles. The first-order chi connectivity index (χ1) is 10.8. The molecule has 0 aliphatic carbocycles. The fourth-order valence-corrected chi connectivity index (χ4v) is 2.83. The second-order valence-electron chi connectivity index (χ2n) is 5.38. The number of para-hydroxylation sites is 1. The summed E-state index contributed by atoms with van der Waals surface area (Å²) in [7, 11) is 1.78. The normalized spacial score (nSPS) is 14.9. The molecule has 0 saturated carbocycles. The summed E-state index contributed by atoms with van der Waals surface area (Å²) < 4.78 is 0. The minimum Gasteiger partial charge on any atom is -0.387 e. The zero-order valence-electron chi connectivity index (χ0n) is 13.1. The third-order valence-electron chi connectivity index (χ3n) is 3.99. The van der Waals surface area contributed by atoms with Gasteiger partial charge < -0.3 is 15.3 Å². The molecular weight excluding hydrogens is 401 g/mol. The van der Waals surface area contributed by atoms with Crippen LogP contribution < -0.4 is 10.2 Å². The van der Waals surface area contributed by atoms with Gasteiger partial charge in [0.05, 0.1) is 6.10 Å². The van der Waals surface area contributed by atoms with Gasteiger partial charge in [-0.05, 0) is 23.6 Å². The SMILES string of the molecule is CN=C(NCC(O)c1ccccc1)N1CCc2ccccc21.I. The maximum absolute atomic E-state index is 10.3. The number of guanidine groups is 1. The molecule has 0 bridgehead atoms. The Kier molecular flexibility index (Phi) is 6.41. The molecule has 0 amide bonds. The van der Waals surface area contributed by atoms with E-state index in [0.717, 1.165) is 24.5 Å². The lowest BCUT2D eigenvalue weighted by atomic mass is 10.1. The molecule has 2 aromatic carbocycles. The number of aliphatic imine (C=N–C) groups is 1. The number of hydrogen-bond donors (Lipinski definition) is 2. The summed E-state index contributed by atoms with van der Waals surface area (Å²) in [6.07, 6.45) is 0.480. The molecule has 1 aliphatic rings. The molecule has 1 unspecified atom stereocenters. The smallest absolute Gasteiger partial charge is 0.198 e. The number of nitrogens with one attached hydrogen (secondary N) is 1. The van der Waals surface area contributed by atoms with Gasteiger partial charge in [-0.2, -0.15) is 0 Å². The Bertz CT molecular complexity index is 660. The van der Waals surface area contributed by atoms with Crippen LogP contribution in [-0.4, -0.2) is 31.2 Å². The highest BCUT2D eigenvalue weighted by atomic mass is 127. The van der Waals surface area contributed by atoms with Gasteiger partial charge in [-0.25, -0.2) is 0 Å². The largest absolute Gasteiger partial charge is 0.387 e. The van der Waals surface area contributed by atoms with Crippen molar-refractivity contribution in [1.29, 1.82) is 0 Å². The summed E-state index contributed by atoms with van der Waals surface area (Å²) in [4.78, 5) is 6.53. The molecule has 0 spiro atoms. The van der Waals surface area contributed by atoms with Crippen LogP contribution in [0.4, 0.5) is 5.69 Å². The minimum absolute atomic E-state index is 0. The van der Waals surface area contributed by atoms with Crippen LogP contribution in [0.25, 0.3) is 0 Å². The average Bonchev–Trinajstić information content (AvgIpc) is 3.00. The van der Waals surface area contributed by atoms with Gasteiger partial charge in [0.25, 0.3) is 0 Å². The Morgan fingerprint density at radius 1 is 1.17 bits per heavy atom. The van der Waals surface area contributed by atoms with Crippen molar-refractivity contribution in [1.82, 2.24) is 5.32 Å². The maximum Gasteiger partial charge on any atom is 0.198 e. The summed E-state index contributed by atoms with van der Waals surface area (Å²) in [6.45, 7) is 1.36. The highest BCUT2D eigenvalue weighted by Crippen LogP contribution is 2.27. The van der Waals surface area contributed by atoms with Crippen LogP contribution in [0.2, 0.25) is 0 Å². The van der Waals surface area contributed by atoms with E-state index in [1.807, 2.05) is 36.4 Å². The Balaban J connectivity index is 0.00000192. The number of nitrogens with zero attached hydrogens (tertiary/aromatic N) is 2. The lowest BCUT2D eigenvalue weighted by Gasteiger charge is -2.23. The van der Waals surface area contributed by atoms with E-state index >= 15 is 0 Å². The molecule has 122 valence electrons. The van der Waals surface area contributed by atoms with Crippen molar-refractivity contribution in [2.45, 2.75) is 12.5 Å². The van der Waals surface area contributed by atoms with Crippen LogP contribution in [0.15, 0.2) is 59.6 Å². The predicted octanol–water partition coefficient (Wildman–Crippen LogP) is 2.98. The van der Waals surface area contributed by atoms with E-state index in [1.165, 1.54) is 11.3 Å². The van der Waals surface area contributed by atoms with E-state index in [1.54, 1.807) is 7.05 Å². The summed E-state index contributed by atoms with van der Waals surface area (Å²) in [5.74, 6) is 0.805. The van der Waals surface area contributed by atoms with Gasteiger partial charge >= 0.3 is 0 Å². The van der Waals surface area contributed by atoms with Gasteiger partial charge in [-0.15, -0.1) is 24.0 Å². The van der Waals surface area contributed by atoms with Crippen molar-refractivity contribution < 1.29 is 5.11 Å². The minimum atomic E-state index is -0.546. The second-order valence-corrected chi connectivity index (χ2v) is 5.38. The highest BCUT2D eigenvalue weighted by molar-refractivity contribution is 14.0. The Hall–Kier alpha value is -1.60. The predicted molar refractivity (Wildman–Crippen MR) is 106 cm³/mol. The standard InChI is InChI=1S/C18H21N3O.HI/c1-19-18(20-13-17(22)15-8-3-2-4-9-15)21-12-11-14-7-5-6-10-16(14)21;/h2-10,17,22H,11-13H2,1H3,(H,19,20);1H. The van der Waals surface area contributed by atoms with Crippen molar-refractivity contribution in [3.63, 3.8) is 0 Å². The number of benzene rings is 2. The number of rotatable bonds is 3. The molecule has 23 heavy (non-hydrogen) atoms. The maximum atomic E-state index is 10.3. The lowest BCUT2D eigenvalue weighted by molar-refractivity contribution is 0.181. The monoisotopic (exact) mass is 423 g/mol. The topological polar surface area (TPSA) is 47.9 Å². The van der Waals surface area contributed by atoms with Crippen molar-refractivity contribution in [3.05, 3.63) is 65.7 Å². The van der Waals surface area contributed by atoms with Crippen LogP contribution in [0, 0.1) is 0 Å². The summed E-state index contributed by atoms with van der Waals surface area (Å²) in [6, 6.07) is 18.1. The van der Waals surface area contributed by atoms with Crippen molar-refractivity contribution >= 4 is 35.6 Å². The first-order valence-corrected chi connectivity index (χ1v) is 7.58. The first-order valence-electron chi connectivity index (χ1n) is 7.58. The summed E-state index contributed by atoms with van der Waals surface area (Å²) in [5.41, 5.74) is 3.45. The van der Waals surface area contributed by atoms with Crippen LogP contribution in [0.1, 0.15) is 17.2 Å². The molecule has 2 aromatic rings. The van der Waals surface area contributed by atoms with E-state index in [9.17, 15) is 5.11 Å². The highest BCUT2D eigenvalue weighted by Gasteiger charge is 2.22. The second kappa shape index (κ2) is 8.31. The van der Waals surface area contributed by atoms with Crippen LogP contribution in [0.3, 0.4) is 0 Å². The fraction of sp³-hybridized carbons (Fsp3) is 0.278. The van der Waals surface area contributed by atoms with Gasteiger partial charge in [0.15, 0.2) is 5.96 Å². The number of aliphatic hydroxyl groups is 1. The molecule has 0 radical (unpaired) electrons. The molecule has 5 heteroatoms. The third-order valence-corrected chi connectivity index (χ3v) is 3.99. The Labute approximate surface area is 154 Å². The quantitative estimate of drug-likeness (QED) is 0.454. The van der Waals surface area contributed by atoms with Gasteiger partial charge in [0.2, 0.25) is 0 Å². The van der Waals surface area contributed by atoms with Gasteiger partial charge in [0, 0.05) is 25.8 Å². The zero-order valence-corrected chi connectivity index (χ0v) is 15.5. The molecule has 0 saturated heterocycles. The van der Waals surface area contributed by atoms with E-state index in [-0.39, 0.29) is 24.0 Å².